The Kier molecular flexibility index (Phi) is 3.79. The highest BCUT2D eigenvalue weighted by Crippen LogP contribution is 2.28. The van der Waals surface area contributed by atoms with Crippen LogP contribution in [0.25, 0.3) is 17.0 Å². The van der Waals surface area contributed by atoms with Gasteiger partial charge in [0.2, 0.25) is 5.91 Å². The largest absolute Gasteiger partial charge is 0.355 e. The molecule has 1 fully saturated rings. The summed E-state index contributed by atoms with van der Waals surface area (Å²) in [6.07, 6.45) is 7.28. The number of amides is 1. The molecule has 3 rings (SSSR count). The van der Waals surface area contributed by atoms with E-state index in [4.69, 9.17) is 23.2 Å². The van der Waals surface area contributed by atoms with Crippen molar-refractivity contribution >= 4 is 46.1 Å². The lowest BCUT2D eigenvalue weighted by molar-refractivity contribution is -0.125. The van der Waals surface area contributed by atoms with Crippen molar-refractivity contribution in [1.82, 2.24) is 9.88 Å². The molecule has 0 bridgehead atoms. The number of likely N-dealkylation sites (tertiary alicyclic amines) is 1. The molecule has 1 saturated heterocycles. The van der Waals surface area contributed by atoms with Crippen LogP contribution < -0.4 is 0 Å². The third kappa shape index (κ3) is 2.85. The van der Waals surface area contributed by atoms with Gasteiger partial charge in [0.05, 0.1) is 10.0 Å². The molecule has 0 saturated carbocycles. The predicted octanol–water partition coefficient (Wildman–Crippen LogP) is 4.62. The first-order valence-corrected chi connectivity index (χ1v) is 7.42. The average Bonchev–Trinajstić information content (AvgIpc) is 2.97. The molecule has 1 aromatic heterocycles. The summed E-state index contributed by atoms with van der Waals surface area (Å²) in [7, 11) is 1.81. The van der Waals surface area contributed by atoms with E-state index in [2.05, 4.69) is 4.98 Å². The van der Waals surface area contributed by atoms with E-state index in [1.165, 1.54) is 0 Å². The summed E-state index contributed by atoms with van der Waals surface area (Å²) in [6.45, 7) is 0. The monoisotopic (exact) mass is 320 g/mol. The summed E-state index contributed by atoms with van der Waals surface area (Å²) in [5.74, 6) is 0.171. The Morgan fingerprint density at radius 3 is 2.67 bits per heavy atom. The summed E-state index contributed by atoms with van der Waals surface area (Å²) in [6, 6.07) is 5.67. The molecule has 21 heavy (non-hydrogen) atoms. The molecule has 1 aromatic carbocycles. The maximum Gasteiger partial charge on any atom is 0.226 e. The van der Waals surface area contributed by atoms with Crippen LogP contribution in [-0.2, 0) is 4.79 Å². The number of hydrogen-bond acceptors (Lipinski definition) is 1. The van der Waals surface area contributed by atoms with Gasteiger partial charge in [0.15, 0.2) is 0 Å². The fourth-order valence-electron chi connectivity index (χ4n) is 2.43. The number of rotatable bonds is 2. The van der Waals surface area contributed by atoms with Gasteiger partial charge in [-0.05, 0) is 36.8 Å². The summed E-state index contributed by atoms with van der Waals surface area (Å²) in [4.78, 5) is 16.4. The molecule has 108 valence electrons. The second-order valence-corrected chi connectivity index (χ2v) is 5.86. The van der Waals surface area contributed by atoms with Crippen LogP contribution in [0.2, 0.25) is 10.0 Å². The summed E-state index contributed by atoms with van der Waals surface area (Å²) in [5, 5.41) is 2.10. The molecule has 2 heterocycles. The highest BCUT2D eigenvalue weighted by molar-refractivity contribution is 6.42. The van der Waals surface area contributed by atoms with E-state index < -0.39 is 0 Å². The molecule has 2 aromatic rings. The first kappa shape index (κ1) is 14.2. The lowest BCUT2D eigenvalue weighted by Crippen LogP contribution is -2.16. The summed E-state index contributed by atoms with van der Waals surface area (Å²) < 4.78 is 0. The molecule has 1 aliphatic heterocycles. The van der Waals surface area contributed by atoms with Gasteiger partial charge in [-0.3, -0.25) is 4.79 Å². The fourth-order valence-corrected chi connectivity index (χ4v) is 2.76. The van der Waals surface area contributed by atoms with Crippen molar-refractivity contribution in [3.05, 3.63) is 51.8 Å². The number of nitrogens with one attached hydrogen (secondary N) is 1. The third-order valence-electron chi connectivity index (χ3n) is 3.65. The van der Waals surface area contributed by atoms with E-state index in [-0.39, 0.29) is 5.91 Å². The molecule has 0 aliphatic carbocycles. The van der Waals surface area contributed by atoms with Crippen LogP contribution in [-0.4, -0.2) is 22.8 Å². The van der Waals surface area contributed by atoms with Crippen LogP contribution in [0.15, 0.2) is 36.0 Å². The average molecular weight is 321 g/mol. The topological polar surface area (TPSA) is 36.1 Å². The maximum atomic E-state index is 11.4. The number of fused-ring (bicyclic) bond motifs is 1. The van der Waals surface area contributed by atoms with E-state index in [0.29, 0.717) is 16.5 Å². The molecule has 1 aliphatic rings. The Morgan fingerprint density at radius 1 is 1.19 bits per heavy atom. The number of benzene rings is 1. The van der Waals surface area contributed by atoms with Crippen LogP contribution >= 0.6 is 23.2 Å². The highest BCUT2D eigenvalue weighted by Gasteiger charge is 2.20. The van der Waals surface area contributed by atoms with Gasteiger partial charge in [-0.25, -0.2) is 0 Å². The maximum absolute atomic E-state index is 11.4. The lowest BCUT2D eigenvalue weighted by atomic mass is 10.2. The van der Waals surface area contributed by atoms with E-state index in [0.717, 1.165) is 28.7 Å². The van der Waals surface area contributed by atoms with E-state index >= 15 is 0 Å². The van der Waals surface area contributed by atoms with Crippen LogP contribution in [0.5, 0.6) is 0 Å². The van der Waals surface area contributed by atoms with Crippen molar-refractivity contribution in [2.75, 3.05) is 7.05 Å². The molecule has 1 amide bonds. The van der Waals surface area contributed by atoms with E-state index in [1.54, 1.807) is 4.90 Å². The fraction of sp³-hybridized carbons (Fsp3) is 0.188. The van der Waals surface area contributed by atoms with Crippen LogP contribution in [0, 0.1) is 0 Å². The molecule has 5 heteroatoms. The predicted molar refractivity (Wildman–Crippen MR) is 87.4 cm³/mol. The molecule has 0 radical (unpaired) electrons. The standard InChI is InChI=1S/C16H14Cl2N2O/c1-20-12(5-6-16(20)21)4-2-3-11-7-10-8-13(17)14(18)9-15(10)19-11/h2-4,7-9,19H,5-6H2,1H3/b3-2-,12-4?. The van der Waals surface area contributed by atoms with Crippen LogP contribution in [0.1, 0.15) is 18.5 Å². The first-order chi connectivity index (χ1) is 10.0. The Labute approximate surface area is 132 Å². The second-order valence-electron chi connectivity index (χ2n) is 5.05. The van der Waals surface area contributed by atoms with E-state index in [1.807, 2.05) is 43.5 Å². The van der Waals surface area contributed by atoms with Crippen molar-refractivity contribution < 1.29 is 4.79 Å². The van der Waals surface area contributed by atoms with Crippen molar-refractivity contribution in [3.8, 4) is 0 Å². The third-order valence-corrected chi connectivity index (χ3v) is 4.37. The Morgan fingerprint density at radius 2 is 1.95 bits per heavy atom. The zero-order valence-corrected chi connectivity index (χ0v) is 13.0. The zero-order valence-electron chi connectivity index (χ0n) is 11.5. The molecular formula is C16H14Cl2N2O. The van der Waals surface area contributed by atoms with Gasteiger partial charge in [-0.1, -0.05) is 29.3 Å². The summed E-state index contributed by atoms with van der Waals surface area (Å²) >= 11 is 12.0. The quantitative estimate of drug-likeness (QED) is 0.860. The number of hydrogen-bond donors (Lipinski definition) is 1. The first-order valence-electron chi connectivity index (χ1n) is 6.66. The van der Waals surface area contributed by atoms with Crippen molar-refractivity contribution in [2.45, 2.75) is 12.8 Å². The molecule has 0 atom stereocenters. The number of H-pyrrole nitrogens is 1. The molecule has 0 spiro atoms. The Hall–Kier alpha value is -1.71. The Bertz CT molecular complexity index is 735. The molecule has 3 nitrogen and oxygen atoms in total. The van der Waals surface area contributed by atoms with E-state index in [9.17, 15) is 4.79 Å². The number of allylic oxidation sites excluding steroid dienone is 3. The SMILES string of the molecule is CN1C(=O)CCC1=C/C=C\c1cc2cc(Cl)c(Cl)cc2[nH]1. The van der Waals surface area contributed by atoms with Crippen LogP contribution in [0.3, 0.4) is 0 Å². The number of carbonyl (C=O) groups excluding carboxylic acids is 1. The number of halogens is 2. The molecule has 1 N–H and O–H groups in total. The zero-order chi connectivity index (χ0) is 15.0. The number of aromatic nitrogens is 1. The van der Waals surface area contributed by atoms with Crippen molar-refractivity contribution in [1.29, 1.82) is 0 Å². The number of aromatic amines is 1. The molecule has 0 unspecified atom stereocenters. The number of nitrogens with zero attached hydrogens (tertiary/aromatic N) is 1. The van der Waals surface area contributed by atoms with Crippen LogP contribution in [0.4, 0.5) is 0 Å². The van der Waals surface area contributed by atoms with Gasteiger partial charge in [-0.2, -0.15) is 0 Å². The smallest absolute Gasteiger partial charge is 0.226 e. The second kappa shape index (κ2) is 5.58. The Balaban J connectivity index is 1.83. The van der Waals surface area contributed by atoms with Crippen molar-refractivity contribution in [2.24, 2.45) is 0 Å². The minimum absolute atomic E-state index is 0.171. The highest BCUT2D eigenvalue weighted by atomic mass is 35.5. The minimum Gasteiger partial charge on any atom is -0.355 e. The molecular weight excluding hydrogens is 307 g/mol. The van der Waals surface area contributed by atoms with Gasteiger partial charge >= 0.3 is 0 Å². The number of carbonyl (C=O) groups is 1. The van der Waals surface area contributed by atoms with Gasteiger partial charge in [-0.15, -0.1) is 0 Å². The normalized spacial score (nSPS) is 17.8. The summed E-state index contributed by atoms with van der Waals surface area (Å²) in [5.41, 5.74) is 2.95. The van der Waals surface area contributed by atoms with Gasteiger partial charge in [0.1, 0.15) is 0 Å². The van der Waals surface area contributed by atoms with Gasteiger partial charge in [0, 0.05) is 35.8 Å². The minimum atomic E-state index is 0.171. The van der Waals surface area contributed by atoms with Gasteiger partial charge in [0.25, 0.3) is 0 Å². The van der Waals surface area contributed by atoms with Gasteiger partial charge < -0.3 is 9.88 Å². The lowest BCUT2D eigenvalue weighted by Gasteiger charge is -2.08. The van der Waals surface area contributed by atoms with Crippen molar-refractivity contribution in [3.63, 3.8) is 0 Å².